The summed E-state index contributed by atoms with van der Waals surface area (Å²) in [7, 11) is 1.65. The molecule has 0 radical (unpaired) electrons. The Morgan fingerprint density at radius 2 is 2.10 bits per heavy atom. The number of methoxy groups -OCH3 is 1. The molecule has 0 spiro atoms. The molecule has 1 heterocycles. The van der Waals surface area contributed by atoms with E-state index in [9.17, 15) is 0 Å². The maximum Gasteiger partial charge on any atom is 0.140 e. The fourth-order valence-electron chi connectivity index (χ4n) is 2.65. The van der Waals surface area contributed by atoms with Gasteiger partial charge < -0.3 is 15.0 Å². The Hall–Kier alpha value is -0.480. The van der Waals surface area contributed by atoms with Crippen molar-refractivity contribution in [3.63, 3.8) is 0 Å². The van der Waals surface area contributed by atoms with E-state index in [0.29, 0.717) is 10.0 Å². The van der Waals surface area contributed by atoms with Gasteiger partial charge in [-0.15, -0.1) is 0 Å². The predicted molar refractivity (Wildman–Crippen MR) is 85.3 cm³/mol. The van der Waals surface area contributed by atoms with Crippen LogP contribution in [0.5, 0.6) is 5.75 Å². The summed E-state index contributed by atoms with van der Waals surface area (Å²) in [6.45, 7) is 5.64. The van der Waals surface area contributed by atoms with Crippen molar-refractivity contribution >= 4 is 23.2 Å². The largest absolute Gasteiger partial charge is 0.495 e. The third kappa shape index (κ3) is 4.52. The van der Waals surface area contributed by atoms with Crippen LogP contribution >= 0.6 is 23.2 Å². The number of hydrogen-bond donors (Lipinski definition) is 1. The predicted octanol–water partition coefficient (Wildman–Crippen LogP) is 3.23. The van der Waals surface area contributed by atoms with Gasteiger partial charge in [-0.05, 0) is 56.6 Å². The first-order chi connectivity index (χ1) is 9.70. The molecule has 1 aliphatic rings. The zero-order valence-electron chi connectivity index (χ0n) is 11.9. The summed E-state index contributed by atoms with van der Waals surface area (Å²) in [5, 5.41) is 4.68. The van der Waals surface area contributed by atoms with Gasteiger partial charge in [0.2, 0.25) is 0 Å². The molecule has 1 N–H and O–H groups in total. The van der Waals surface area contributed by atoms with E-state index in [1.165, 1.54) is 13.0 Å². The summed E-state index contributed by atoms with van der Waals surface area (Å²) in [4.78, 5) is 2.51. The van der Waals surface area contributed by atoms with Gasteiger partial charge in [0, 0.05) is 18.1 Å². The molecule has 0 aromatic heterocycles. The van der Waals surface area contributed by atoms with Crippen molar-refractivity contribution in [2.75, 3.05) is 39.8 Å². The Labute approximate surface area is 131 Å². The molecule has 1 aromatic rings. The van der Waals surface area contributed by atoms with Gasteiger partial charge >= 0.3 is 0 Å². The van der Waals surface area contributed by atoms with E-state index in [1.54, 1.807) is 13.2 Å². The monoisotopic (exact) mass is 316 g/mol. The lowest BCUT2D eigenvalue weighted by Gasteiger charge is -2.19. The van der Waals surface area contributed by atoms with E-state index >= 15 is 0 Å². The van der Waals surface area contributed by atoms with Crippen LogP contribution in [-0.4, -0.2) is 44.7 Å². The highest BCUT2D eigenvalue weighted by Crippen LogP contribution is 2.32. The van der Waals surface area contributed by atoms with Crippen molar-refractivity contribution in [1.29, 1.82) is 0 Å². The van der Waals surface area contributed by atoms with E-state index in [4.69, 9.17) is 27.9 Å². The first-order valence-corrected chi connectivity index (χ1v) is 7.91. The number of rotatable bonds is 5. The highest BCUT2D eigenvalue weighted by molar-refractivity contribution is 6.35. The quantitative estimate of drug-likeness (QED) is 0.902. The molecule has 0 saturated carbocycles. The summed E-state index contributed by atoms with van der Waals surface area (Å²) in [5.41, 5.74) is 1.10. The highest BCUT2D eigenvalue weighted by atomic mass is 35.5. The average molecular weight is 317 g/mol. The third-order valence-electron chi connectivity index (χ3n) is 3.64. The summed E-state index contributed by atoms with van der Waals surface area (Å²) in [6.07, 6.45) is 3.26. The van der Waals surface area contributed by atoms with Crippen molar-refractivity contribution in [2.24, 2.45) is 0 Å². The molecule has 2 rings (SSSR count). The van der Waals surface area contributed by atoms with E-state index < -0.39 is 0 Å². The standard InChI is InChI=1S/C15H22Cl2N2O/c1-20-15-12(10-13(16)11-14(15)17)4-2-7-19-8-3-5-18-6-9-19/h10-11,18H,2-9H2,1H3. The molecule has 0 aliphatic carbocycles. The lowest BCUT2D eigenvalue weighted by atomic mass is 10.1. The van der Waals surface area contributed by atoms with Crippen LogP contribution in [0.3, 0.4) is 0 Å². The van der Waals surface area contributed by atoms with Crippen LogP contribution in [0, 0.1) is 0 Å². The SMILES string of the molecule is COc1c(Cl)cc(Cl)cc1CCCN1CCCNCC1. The normalized spacial score (nSPS) is 16.9. The maximum absolute atomic E-state index is 6.16. The van der Waals surface area contributed by atoms with Crippen LogP contribution in [0.1, 0.15) is 18.4 Å². The maximum atomic E-state index is 6.16. The van der Waals surface area contributed by atoms with Crippen LogP contribution in [0.2, 0.25) is 10.0 Å². The summed E-state index contributed by atoms with van der Waals surface area (Å²) in [6, 6.07) is 3.68. The van der Waals surface area contributed by atoms with Crippen LogP contribution in [0.25, 0.3) is 0 Å². The molecule has 1 aliphatic heterocycles. The third-order valence-corrected chi connectivity index (χ3v) is 4.14. The Balaban J connectivity index is 1.90. The molecule has 3 nitrogen and oxygen atoms in total. The van der Waals surface area contributed by atoms with Crippen LogP contribution in [0.4, 0.5) is 0 Å². The fraction of sp³-hybridized carbons (Fsp3) is 0.600. The van der Waals surface area contributed by atoms with Gasteiger partial charge in [-0.2, -0.15) is 0 Å². The molecular formula is C15H22Cl2N2O. The van der Waals surface area contributed by atoms with Gasteiger partial charge in [0.25, 0.3) is 0 Å². The topological polar surface area (TPSA) is 24.5 Å². The Bertz CT molecular complexity index is 432. The van der Waals surface area contributed by atoms with Crippen LogP contribution in [-0.2, 0) is 6.42 Å². The van der Waals surface area contributed by atoms with Crippen molar-refractivity contribution in [3.8, 4) is 5.75 Å². The molecule has 20 heavy (non-hydrogen) atoms. The Morgan fingerprint density at radius 1 is 1.25 bits per heavy atom. The number of nitrogens with one attached hydrogen (secondary N) is 1. The molecular weight excluding hydrogens is 295 g/mol. The fourth-order valence-corrected chi connectivity index (χ4v) is 3.26. The molecule has 0 atom stereocenters. The average Bonchev–Trinajstić information content (AvgIpc) is 2.67. The summed E-state index contributed by atoms with van der Waals surface area (Å²) >= 11 is 12.2. The molecule has 112 valence electrons. The van der Waals surface area contributed by atoms with E-state index in [0.717, 1.165) is 50.3 Å². The highest BCUT2D eigenvalue weighted by Gasteiger charge is 2.12. The van der Waals surface area contributed by atoms with E-state index in [1.807, 2.05) is 6.07 Å². The van der Waals surface area contributed by atoms with Gasteiger partial charge in [-0.1, -0.05) is 23.2 Å². The van der Waals surface area contributed by atoms with Gasteiger partial charge in [-0.3, -0.25) is 0 Å². The van der Waals surface area contributed by atoms with E-state index in [2.05, 4.69) is 10.2 Å². The van der Waals surface area contributed by atoms with Crippen LogP contribution in [0.15, 0.2) is 12.1 Å². The first-order valence-electron chi connectivity index (χ1n) is 7.15. The van der Waals surface area contributed by atoms with Crippen molar-refractivity contribution < 1.29 is 4.74 Å². The van der Waals surface area contributed by atoms with E-state index in [-0.39, 0.29) is 0 Å². The number of aryl methyl sites for hydroxylation is 1. The van der Waals surface area contributed by atoms with Crippen LogP contribution < -0.4 is 10.1 Å². The number of halogens is 2. The molecule has 1 saturated heterocycles. The number of hydrogen-bond acceptors (Lipinski definition) is 3. The molecule has 0 bridgehead atoms. The summed E-state index contributed by atoms with van der Waals surface area (Å²) in [5.74, 6) is 0.758. The molecule has 0 amide bonds. The molecule has 0 unspecified atom stereocenters. The minimum absolute atomic E-state index is 0.592. The van der Waals surface area contributed by atoms with Gasteiger partial charge in [0.15, 0.2) is 0 Å². The Morgan fingerprint density at radius 3 is 2.90 bits per heavy atom. The molecule has 1 fully saturated rings. The van der Waals surface area contributed by atoms with Crippen molar-refractivity contribution in [3.05, 3.63) is 27.7 Å². The molecule has 5 heteroatoms. The zero-order chi connectivity index (χ0) is 14.4. The molecule has 1 aromatic carbocycles. The second-order valence-corrected chi connectivity index (χ2v) is 5.97. The summed E-state index contributed by atoms with van der Waals surface area (Å²) < 4.78 is 5.38. The Kier molecular flexibility index (Phi) is 6.43. The number of ether oxygens (including phenoxy) is 1. The first kappa shape index (κ1) is 15.9. The minimum atomic E-state index is 0.592. The van der Waals surface area contributed by atoms with Gasteiger partial charge in [-0.25, -0.2) is 0 Å². The number of nitrogens with zero attached hydrogens (tertiary/aromatic N) is 1. The van der Waals surface area contributed by atoms with Gasteiger partial charge in [0.1, 0.15) is 5.75 Å². The second-order valence-electron chi connectivity index (χ2n) is 5.13. The van der Waals surface area contributed by atoms with Crippen molar-refractivity contribution in [2.45, 2.75) is 19.3 Å². The lowest BCUT2D eigenvalue weighted by molar-refractivity contribution is 0.288. The van der Waals surface area contributed by atoms with Crippen molar-refractivity contribution in [1.82, 2.24) is 10.2 Å². The second kappa shape index (κ2) is 8.08. The smallest absolute Gasteiger partial charge is 0.140 e. The number of benzene rings is 1. The zero-order valence-corrected chi connectivity index (χ0v) is 13.4. The van der Waals surface area contributed by atoms with Gasteiger partial charge in [0.05, 0.1) is 12.1 Å². The minimum Gasteiger partial charge on any atom is -0.495 e. The lowest BCUT2D eigenvalue weighted by Crippen LogP contribution is -2.29.